The van der Waals surface area contributed by atoms with Crippen LogP contribution in [0.5, 0.6) is 0 Å². The van der Waals surface area contributed by atoms with Gasteiger partial charge in [-0.05, 0) is 55.5 Å². The van der Waals surface area contributed by atoms with E-state index in [1.165, 1.54) is 18.2 Å². The lowest BCUT2D eigenvalue weighted by Crippen LogP contribution is -2.59. The summed E-state index contributed by atoms with van der Waals surface area (Å²) in [5, 5.41) is 3.00. The number of hydrogen-bond donors (Lipinski definition) is 1. The van der Waals surface area contributed by atoms with E-state index in [2.05, 4.69) is 20.3 Å². The third-order valence-corrected chi connectivity index (χ3v) is 6.84. The molecule has 1 aromatic carbocycles. The first-order chi connectivity index (χ1) is 16.7. The Hall–Kier alpha value is -3.27. The number of piperidine rings is 2. The molecule has 3 aromatic rings. The Morgan fingerprint density at radius 3 is 2.57 bits per heavy atom. The van der Waals surface area contributed by atoms with E-state index >= 15 is 0 Å². The van der Waals surface area contributed by atoms with Crippen molar-refractivity contribution in [1.29, 1.82) is 0 Å². The molecule has 2 bridgehead atoms. The van der Waals surface area contributed by atoms with Gasteiger partial charge in [-0.15, -0.1) is 0 Å². The van der Waals surface area contributed by atoms with Gasteiger partial charge >= 0.3 is 6.18 Å². The van der Waals surface area contributed by atoms with Gasteiger partial charge in [-0.2, -0.15) is 13.2 Å². The number of hydrogen-bond acceptors (Lipinski definition) is 5. The van der Waals surface area contributed by atoms with Crippen molar-refractivity contribution < 1.29 is 22.4 Å². The fourth-order valence-corrected chi connectivity index (χ4v) is 5.16. The normalized spacial score (nSPS) is 21.7. The lowest BCUT2D eigenvalue weighted by molar-refractivity contribution is -0.137. The van der Waals surface area contributed by atoms with E-state index in [4.69, 9.17) is 11.6 Å². The molecular formula is C24H20ClF4N5O. The molecule has 6 rings (SSSR count). The van der Waals surface area contributed by atoms with Crippen molar-refractivity contribution in [2.45, 2.75) is 37.5 Å². The Balaban J connectivity index is 1.42. The van der Waals surface area contributed by atoms with Crippen molar-refractivity contribution >= 4 is 23.3 Å². The van der Waals surface area contributed by atoms with Crippen LogP contribution in [0.1, 0.15) is 35.2 Å². The second-order valence-corrected chi connectivity index (χ2v) is 9.18. The maximum Gasteiger partial charge on any atom is 0.417 e. The van der Waals surface area contributed by atoms with Crippen LogP contribution in [-0.2, 0) is 6.18 Å². The van der Waals surface area contributed by atoms with Crippen LogP contribution in [0.2, 0.25) is 5.02 Å². The number of carbonyl (C=O) groups is 1. The van der Waals surface area contributed by atoms with E-state index in [1.807, 2.05) is 0 Å². The van der Waals surface area contributed by atoms with Gasteiger partial charge in [0, 0.05) is 36.7 Å². The molecule has 2 aliphatic heterocycles. The highest BCUT2D eigenvalue weighted by Gasteiger charge is 2.44. The molecule has 2 aromatic heterocycles. The van der Waals surface area contributed by atoms with Crippen molar-refractivity contribution in [3.05, 3.63) is 70.9 Å². The zero-order valence-electron chi connectivity index (χ0n) is 18.3. The molecule has 35 heavy (non-hydrogen) atoms. The number of halogens is 5. The zero-order chi connectivity index (χ0) is 24.7. The van der Waals surface area contributed by atoms with Crippen LogP contribution in [0.3, 0.4) is 0 Å². The summed E-state index contributed by atoms with van der Waals surface area (Å²) in [6.45, 7) is 0.501. The summed E-state index contributed by atoms with van der Waals surface area (Å²) in [6.07, 6.45) is 1.60. The van der Waals surface area contributed by atoms with Gasteiger partial charge in [-0.25, -0.2) is 19.3 Å². The minimum Gasteiger partial charge on any atom is -0.364 e. The van der Waals surface area contributed by atoms with E-state index in [9.17, 15) is 22.4 Å². The standard InChI is InChI=1S/C24H20ClF4N5O/c25-18-9-14(24(27,28)29)11-32-22(18)33-19-8-13-2-5-20(19)34(12-13)23(35)17-10-15(26)3-4-16(17)21-30-6-1-7-31-21/h1,3-4,6-7,9-11,13,19-20H,2,5,8,12H2,(H,32,33)/t13-,19-,20+/m1/s1. The molecule has 11 heteroatoms. The average molecular weight is 506 g/mol. The highest BCUT2D eigenvalue weighted by molar-refractivity contribution is 6.33. The molecule has 3 aliphatic rings. The molecule has 0 unspecified atom stereocenters. The van der Waals surface area contributed by atoms with Crippen LogP contribution >= 0.6 is 11.6 Å². The summed E-state index contributed by atoms with van der Waals surface area (Å²) in [5.41, 5.74) is -0.347. The van der Waals surface area contributed by atoms with Crippen LogP contribution < -0.4 is 5.32 Å². The molecule has 3 fully saturated rings. The van der Waals surface area contributed by atoms with Crippen LogP contribution in [0.15, 0.2) is 48.9 Å². The molecule has 182 valence electrons. The Morgan fingerprint density at radius 2 is 1.89 bits per heavy atom. The fourth-order valence-electron chi connectivity index (χ4n) is 4.94. The lowest BCUT2D eigenvalue weighted by Gasteiger charge is -2.50. The summed E-state index contributed by atoms with van der Waals surface area (Å²) < 4.78 is 53.1. The van der Waals surface area contributed by atoms with Crippen LogP contribution in [0.25, 0.3) is 11.4 Å². The first-order valence-electron chi connectivity index (χ1n) is 11.1. The van der Waals surface area contributed by atoms with Gasteiger partial charge in [0.1, 0.15) is 11.6 Å². The second-order valence-electron chi connectivity index (χ2n) is 8.77. The van der Waals surface area contributed by atoms with Gasteiger partial charge in [-0.3, -0.25) is 4.79 Å². The largest absolute Gasteiger partial charge is 0.417 e. The number of rotatable bonds is 4. The van der Waals surface area contributed by atoms with Gasteiger partial charge in [0.2, 0.25) is 0 Å². The average Bonchev–Trinajstić information content (AvgIpc) is 2.85. The maximum atomic E-state index is 14.2. The Morgan fingerprint density at radius 1 is 1.11 bits per heavy atom. The van der Waals surface area contributed by atoms with Crippen LogP contribution in [-0.4, -0.2) is 44.4 Å². The van der Waals surface area contributed by atoms with Crippen molar-refractivity contribution in [3.63, 3.8) is 0 Å². The maximum absolute atomic E-state index is 14.2. The van der Waals surface area contributed by atoms with E-state index in [0.29, 0.717) is 30.8 Å². The lowest BCUT2D eigenvalue weighted by atomic mass is 9.76. The second kappa shape index (κ2) is 9.07. The summed E-state index contributed by atoms with van der Waals surface area (Å²) in [5.74, 6) is -0.271. The summed E-state index contributed by atoms with van der Waals surface area (Å²) in [6, 6.07) is 5.88. The topological polar surface area (TPSA) is 71.0 Å². The molecule has 3 atom stereocenters. The van der Waals surface area contributed by atoms with Crippen molar-refractivity contribution in [3.8, 4) is 11.4 Å². The minimum absolute atomic E-state index is 0.133. The fraction of sp³-hybridized carbons (Fsp3) is 0.333. The molecular weight excluding hydrogens is 486 g/mol. The van der Waals surface area contributed by atoms with E-state index in [-0.39, 0.29) is 40.3 Å². The monoisotopic (exact) mass is 505 g/mol. The smallest absolute Gasteiger partial charge is 0.364 e. The number of amides is 1. The van der Waals surface area contributed by atoms with E-state index < -0.39 is 17.6 Å². The third-order valence-electron chi connectivity index (χ3n) is 6.55. The number of benzene rings is 1. The van der Waals surface area contributed by atoms with Crippen LogP contribution in [0.4, 0.5) is 23.4 Å². The summed E-state index contributed by atoms with van der Waals surface area (Å²) in [7, 11) is 0. The molecule has 1 aliphatic carbocycles. The Bertz CT molecular complexity index is 1260. The molecule has 0 spiro atoms. The number of fused-ring (bicyclic) bond motifs is 3. The highest BCUT2D eigenvalue weighted by Crippen LogP contribution is 2.39. The first kappa shape index (κ1) is 23.5. The molecule has 1 saturated carbocycles. The van der Waals surface area contributed by atoms with E-state index in [1.54, 1.807) is 23.4 Å². The zero-order valence-corrected chi connectivity index (χ0v) is 19.0. The number of anilines is 1. The van der Waals surface area contributed by atoms with Crippen LogP contribution in [0, 0.1) is 11.7 Å². The Kier molecular flexibility index (Phi) is 6.08. The molecule has 2 saturated heterocycles. The number of carbonyl (C=O) groups excluding carboxylic acids is 1. The molecule has 4 heterocycles. The number of pyridine rings is 1. The van der Waals surface area contributed by atoms with Gasteiger partial charge in [0.15, 0.2) is 5.82 Å². The predicted molar refractivity (Wildman–Crippen MR) is 121 cm³/mol. The number of nitrogens with one attached hydrogen (secondary N) is 1. The molecule has 0 radical (unpaired) electrons. The summed E-state index contributed by atoms with van der Waals surface area (Å²) in [4.78, 5) is 27.7. The molecule has 1 N–H and O–H groups in total. The molecule has 1 amide bonds. The van der Waals surface area contributed by atoms with Crippen molar-refractivity contribution in [2.75, 3.05) is 11.9 Å². The number of alkyl halides is 3. The van der Waals surface area contributed by atoms with Crippen molar-refractivity contribution in [1.82, 2.24) is 19.9 Å². The highest BCUT2D eigenvalue weighted by atomic mass is 35.5. The third kappa shape index (κ3) is 4.67. The quantitative estimate of drug-likeness (QED) is 0.477. The number of nitrogens with zero attached hydrogens (tertiary/aromatic N) is 4. The first-order valence-corrected chi connectivity index (χ1v) is 11.5. The number of aromatic nitrogens is 3. The van der Waals surface area contributed by atoms with Gasteiger partial charge < -0.3 is 10.2 Å². The van der Waals surface area contributed by atoms with Crippen molar-refractivity contribution in [2.24, 2.45) is 5.92 Å². The predicted octanol–water partition coefficient (Wildman–Crippen LogP) is 5.46. The Labute approximate surface area is 203 Å². The summed E-state index contributed by atoms with van der Waals surface area (Å²) >= 11 is 6.10. The van der Waals surface area contributed by atoms with E-state index in [0.717, 1.165) is 18.7 Å². The van der Waals surface area contributed by atoms with Gasteiger partial charge in [0.25, 0.3) is 5.91 Å². The molecule has 6 nitrogen and oxygen atoms in total. The van der Waals surface area contributed by atoms with Gasteiger partial charge in [0.05, 0.1) is 22.2 Å². The SMILES string of the molecule is O=C(c1cc(F)ccc1-c1ncccn1)N1C[C@@H]2CC[C@H]1[C@H](Nc1ncc(C(F)(F)F)cc1Cl)C2. The minimum atomic E-state index is -4.55. The van der Waals surface area contributed by atoms with Gasteiger partial charge in [-0.1, -0.05) is 11.6 Å².